The molecule has 132 valence electrons. The molecule has 1 aromatic heterocycles. The minimum Gasteiger partial charge on any atom is -0.331 e. The van der Waals surface area contributed by atoms with Crippen molar-refractivity contribution in [2.24, 2.45) is 0 Å². The number of amides is 2. The van der Waals surface area contributed by atoms with E-state index in [4.69, 9.17) is 0 Å². The first-order valence-corrected chi connectivity index (χ1v) is 9.34. The molecule has 0 aliphatic heterocycles. The van der Waals surface area contributed by atoms with Gasteiger partial charge < -0.3 is 10.2 Å². The molecule has 2 aliphatic rings. The van der Waals surface area contributed by atoms with Gasteiger partial charge in [-0.1, -0.05) is 30.3 Å². The number of carbonyl (C=O) groups is 1. The van der Waals surface area contributed by atoms with Crippen molar-refractivity contribution in [3.05, 3.63) is 53.3 Å². The fourth-order valence-corrected chi connectivity index (χ4v) is 3.85. The first kappa shape index (κ1) is 16.2. The van der Waals surface area contributed by atoms with Gasteiger partial charge in [-0.2, -0.15) is 5.10 Å². The fourth-order valence-electron chi connectivity index (χ4n) is 3.85. The van der Waals surface area contributed by atoms with Crippen LogP contribution in [0.4, 0.5) is 4.79 Å². The molecule has 2 amide bonds. The quantitative estimate of drug-likeness (QED) is 0.927. The van der Waals surface area contributed by atoms with Crippen LogP contribution in [0, 0.1) is 0 Å². The highest BCUT2D eigenvalue weighted by atomic mass is 16.2. The molecule has 1 heterocycles. The molecule has 0 unspecified atom stereocenters. The lowest BCUT2D eigenvalue weighted by Gasteiger charge is -2.36. The minimum atomic E-state index is 0.0540. The van der Waals surface area contributed by atoms with Gasteiger partial charge in [-0.3, -0.25) is 4.68 Å². The average Bonchev–Trinajstić information content (AvgIpc) is 2.98. The maximum atomic E-state index is 12.5. The second kappa shape index (κ2) is 6.90. The average molecular weight is 338 g/mol. The zero-order valence-corrected chi connectivity index (χ0v) is 14.8. The molecular weight excluding hydrogens is 312 g/mol. The molecule has 1 atom stereocenters. The Morgan fingerprint density at radius 3 is 2.76 bits per heavy atom. The summed E-state index contributed by atoms with van der Waals surface area (Å²) in [6.45, 7) is 0.790. The molecule has 0 spiro atoms. The van der Waals surface area contributed by atoms with Gasteiger partial charge in [0.1, 0.15) is 0 Å². The van der Waals surface area contributed by atoms with Gasteiger partial charge in [-0.25, -0.2) is 4.79 Å². The molecule has 0 saturated heterocycles. The van der Waals surface area contributed by atoms with Gasteiger partial charge in [0.25, 0.3) is 0 Å². The Morgan fingerprint density at radius 1 is 1.24 bits per heavy atom. The number of rotatable bonds is 4. The maximum Gasteiger partial charge on any atom is 0.317 e. The lowest BCUT2D eigenvalue weighted by Crippen LogP contribution is -2.47. The molecule has 25 heavy (non-hydrogen) atoms. The van der Waals surface area contributed by atoms with Crippen molar-refractivity contribution in [1.29, 1.82) is 0 Å². The summed E-state index contributed by atoms with van der Waals surface area (Å²) in [4.78, 5) is 14.4. The summed E-state index contributed by atoms with van der Waals surface area (Å²) in [5, 5.41) is 7.84. The molecule has 0 radical (unpaired) electrons. The van der Waals surface area contributed by atoms with Gasteiger partial charge in [0.15, 0.2) is 0 Å². The monoisotopic (exact) mass is 338 g/mol. The molecule has 1 fully saturated rings. The van der Waals surface area contributed by atoms with Gasteiger partial charge in [-0.15, -0.1) is 0 Å². The first-order chi connectivity index (χ1) is 12.2. The largest absolute Gasteiger partial charge is 0.331 e. The molecule has 5 nitrogen and oxygen atoms in total. The third-order valence-electron chi connectivity index (χ3n) is 5.68. The summed E-state index contributed by atoms with van der Waals surface area (Å²) >= 11 is 0. The van der Waals surface area contributed by atoms with E-state index in [0.29, 0.717) is 6.04 Å². The molecular formula is C20H26N4O. The SMILES string of the molecule is CN(C(=O)N[C@@H]1CCCc2c1cnn2Cc1ccccc1)C1CCC1. The number of urea groups is 1. The Balaban J connectivity index is 1.47. The predicted molar refractivity (Wildman–Crippen MR) is 97.4 cm³/mol. The van der Waals surface area contributed by atoms with E-state index in [1.54, 1.807) is 0 Å². The van der Waals surface area contributed by atoms with Crippen LogP contribution in [-0.4, -0.2) is 33.8 Å². The number of aromatic nitrogens is 2. The highest BCUT2D eigenvalue weighted by Gasteiger charge is 2.30. The van der Waals surface area contributed by atoms with Gasteiger partial charge in [-0.05, 0) is 44.1 Å². The molecule has 5 heteroatoms. The summed E-state index contributed by atoms with van der Waals surface area (Å²) < 4.78 is 2.10. The van der Waals surface area contributed by atoms with Gasteiger partial charge >= 0.3 is 6.03 Å². The minimum absolute atomic E-state index is 0.0540. The molecule has 0 bridgehead atoms. The number of hydrogen-bond acceptors (Lipinski definition) is 2. The van der Waals surface area contributed by atoms with Gasteiger partial charge in [0, 0.05) is 24.3 Å². The lowest BCUT2D eigenvalue weighted by molar-refractivity contribution is 0.153. The Labute approximate surface area is 149 Å². The van der Waals surface area contributed by atoms with Crippen molar-refractivity contribution in [1.82, 2.24) is 20.0 Å². The molecule has 1 N–H and O–H groups in total. The molecule has 1 saturated carbocycles. The summed E-state index contributed by atoms with van der Waals surface area (Å²) in [7, 11) is 1.92. The summed E-state index contributed by atoms with van der Waals surface area (Å²) in [5.74, 6) is 0. The number of nitrogens with one attached hydrogen (secondary N) is 1. The van der Waals surface area contributed by atoms with E-state index in [9.17, 15) is 4.79 Å². The van der Waals surface area contributed by atoms with Crippen molar-refractivity contribution < 1.29 is 4.79 Å². The third-order valence-corrected chi connectivity index (χ3v) is 5.68. The molecule has 2 aromatic rings. The maximum absolute atomic E-state index is 12.5. The number of carbonyl (C=O) groups excluding carboxylic acids is 1. The van der Waals surface area contributed by atoms with Crippen LogP contribution in [0.25, 0.3) is 0 Å². The van der Waals surface area contributed by atoms with Gasteiger partial charge in [0.05, 0.1) is 18.8 Å². The highest BCUT2D eigenvalue weighted by Crippen LogP contribution is 2.31. The van der Waals surface area contributed by atoms with E-state index in [0.717, 1.165) is 38.6 Å². The summed E-state index contributed by atoms with van der Waals surface area (Å²) in [5.41, 5.74) is 3.72. The molecule has 1 aromatic carbocycles. The molecule has 2 aliphatic carbocycles. The van der Waals surface area contributed by atoms with Crippen LogP contribution in [0.1, 0.15) is 55.0 Å². The van der Waals surface area contributed by atoms with Crippen molar-refractivity contribution in [3.63, 3.8) is 0 Å². The number of benzene rings is 1. The summed E-state index contributed by atoms with van der Waals surface area (Å²) in [6.07, 6.45) is 8.57. The second-order valence-corrected chi connectivity index (χ2v) is 7.28. The third kappa shape index (κ3) is 3.28. The van der Waals surface area contributed by atoms with Crippen molar-refractivity contribution >= 4 is 6.03 Å². The van der Waals surface area contributed by atoms with E-state index < -0.39 is 0 Å². The van der Waals surface area contributed by atoms with Crippen LogP contribution in [0.2, 0.25) is 0 Å². The van der Waals surface area contributed by atoms with E-state index in [1.165, 1.54) is 23.2 Å². The zero-order valence-electron chi connectivity index (χ0n) is 14.8. The van der Waals surface area contributed by atoms with Crippen LogP contribution in [-0.2, 0) is 13.0 Å². The topological polar surface area (TPSA) is 50.2 Å². The summed E-state index contributed by atoms with van der Waals surface area (Å²) in [6, 6.07) is 11.0. The standard InChI is InChI=1S/C20H26N4O/c1-23(16-9-5-10-16)20(25)22-18-11-6-12-19-17(18)13-21-24(19)14-15-7-3-2-4-8-15/h2-4,7-8,13,16,18H,5-6,9-12,14H2,1H3,(H,22,25)/t18-/m1/s1. The van der Waals surface area contributed by atoms with E-state index in [2.05, 4.69) is 39.4 Å². The van der Waals surface area contributed by atoms with Crippen molar-refractivity contribution in [2.45, 2.75) is 57.2 Å². The van der Waals surface area contributed by atoms with E-state index in [-0.39, 0.29) is 12.1 Å². The van der Waals surface area contributed by atoms with Crippen molar-refractivity contribution in [2.75, 3.05) is 7.05 Å². The van der Waals surface area contributed by atoms with Crippen molar-refractivity contribution in [3.8, 4) is 0 Å². The zero-order chi connectivity index (χ0) is 17.2. The smallest absolute Gasteiger partial charge is 0.317 e. The van der Waals surface area contributed by atoms with Crippen LogP contribution >= 0.6 is 0 Å². The predicted octanol–water partition coefficient (Wildman–Crippen LogP) is 3.50. The molecule has 4 rings (SSSR count). The number of nitrogens with zero attached hydrogens (tertiary/aromatic N) is 3. The first-order valence-electron chi connectivity index (χ1n) is 9.34. The van der Waals surface area contributed by atoms with E-state index >= 15 is 0 Å². The van der Waals surface area contributed by atoms with Crippen LogP contribution in [0.5, 0.6) is 0 Å². The van der Waals surface area contributed by atoms with Gasteiger partial charge in [0.2, 0.25) is 0 Å². The Kier molecular flexibility index (Phi) is 4.47. The van der Waals surface area contributed by atoms with E-state index in [1.807, 2.05) is 24.2 Å². The van der Waals surface area contributed by atoms with Crippen LogP contribution in [0.3, 0.4) is 0 Å². The number of fused-ring (bicyclic) bond motifs is 1. The van der Waals surface area contributed by atoms with Crippen LogP contribution in [0.15, 0.2) is 36.5 Å². The Morgan fingerprint density at radius 2 is 2.04 bits per heavy atom. The normalized spacial score (nSPS) is 19.8. The second-order valence-electron chi connectivity index (χ2n) is 7.28. The number of hydrogen-bond donors (Lipinski definition) is 1. The van der Waals surface area contributed by atoms with Crippen LogP contribution < -0.4 is 5.32 Å². The Hall–Kier alpha value is -2.30. The fraction of sp³-hybridized carbons (Fsp3) is 0.500. The lowest BCUT2D eigenvalue weighted by atomic mass is 9.91. The highest BCUT2D eigenvalue weighted by molar-refractivity contribution is 5.75. The Bertz CT molecular complexity index is 735.